The maximum atomic E-state index is 6.31. The Kier molecular flexibility index (Phi) is 2.78. The van der Waals surface area contributed by atoms with Crippen molar-refractivity contribution in [2.24, 2.45) is 11.1 Å². The van der Waals surface area contributed by atoms with E-state index in [0.717, 1.165) is 25.1 Å². The number of hydrogen-bond acceptors (Lipinski definition) is 2. The standard InChI is InChI=1S/C15H22N4/c1-10-11(8-17-18-10)9-19-5-4-12-13(16)6-15(2,3)7-14(12)19/h4-5,8,13H,6-7,9,16H2,1-3H3,(H,17,18). The van der Waals surface area contributed by atoms with Crippen LogP contribution in [0, 0.1) is 12.3 Å². The highest BCUT2D eigenvalue weighted by Gasteiger charge is 2.32. The van der Waals surface area contributed by atoms with Crippen molar-refractivity contribution in [3.8, 4) is 0 Å². The summed E-state index contributed by atoms with van der Waals surface area (Å²) in [5.74, 6) is 0. The van der Waals surface area contributed by atoms with Crippen LogP contribution in [0.3, 0.4) is 0 Å². The van der Waals surface area contributed by atoms with Crippen LogP contribution in [0.2, 0.25) is 0 Å². The summed E-state index contributed by atoms with van der Waals surface area (Å²) >= 11 is 0. The summed E-state index contributed by atoms with van der Waals surface area (Å²) in [6.45, 7) is 7.54. The van der Waals surface area contributed by atoms with Crippen LogP contribution in [-0.2, 0) is 13.0 Å². The number of nitrogens with two attached hydrogens (primary N) is 1. The van der Waals surface area contributed by atoms with Crippen LogP contribution in [0.5, 0.6) is 0 Å². The Bertz CT molecular complexity index is 591. The highest BCUT2D eigenvalue weighted by Crippen LogP contribution is 2.40. The number of rotatable bonds is 2. The lowest BCUT2D eigenvalue weighted by Gasteiger charge is -2.34. The molecule has 0 fully saturated rings. The normalized spacial score (nSPS) is 21.4. The first-order valence-corrected chi connectivity index (χ1v) is 6.88. The molecule has 4 heteroatoms. The highest BCUT2D eigenvalue weighted by atomic mass is 15.1. The average molecular weight is 258 g/mol. The second kappa shape index (κ2) is 4.23. The Labute approximate surface area is 114 Å². The van der Waals surface area contributed by atoms with E-state index < -0.39 is 0 Å². The molecule has 0 saturated carbocycles. The van der Waals surface area contributed by atoms with E-state index in [4.69, 9.17) is 5.73 Å². The lowest BCUT2D eigenvalue weighted by molar-refractivity contribution is 0.276. The Morgan fingerprint density at radius 2 is 2.32 bits per heavy atom. The fourth-order valence-electron chi connectivity index (χ4n) is 3.16. The Balaban J connectivity index is 1.95. The average Bonchev–Trinajstić information content (AvgIpc) is 2.87. The van der Waals surface area contributed by atoms with Crippen LogP contribution in [0.25, 0.3) is 0 Å². The topological polar surface area (TPSA) is 59.6 Å². The van der Waals surface area contributed by atoms with E-state index in [1.54, 1.807) is 0 Å². The van der Waals surface area contributed by atoms with Gasteiger partial charge in [0.15, 0.2) is 0 Å². The zero-order valence-corrected chi connectivity index (χ0v) is 11.9. The Morgan fingerprint density at radius 3 is 3.00 bits per heavy atom. The van der Waals surface area contributed by atoms with Crippen molar-refractivity contribution in [1.82, 2.24) is 14.8 Å². The minimum atomic E-state index is 0.172. The second-order valence-electron chi connectivity index (χ2n) is 6.52. The first-order chi connectivity index (χ1) is 8.96. The Morgan fingerprint density at radius 1 is 1.53 bits per heavy atom. The van der Waals surface area contributed by atoms with Gasteiger partial charge in [-0.25, -0.2) is 0 Å². The van der Waals surface area contributed by atoms with Crippen molar-refractivity contribution in [2.75, 3.05) is 0 Å². The summed E-state index contributed by atoms with van der Waals surface area (Å²) in [6.07, 6.45) is 6.24. The zero-order valence-electron chi connectivity index (χ0n) is 11.9. The summed E-state index contributed by atoms with van der Waals surface area (Å²) < 4.78 is 2.33. The number of aromatic amines is 1. The molecule has 102 valence electrons. The quantitative estimate of drug-likeness (QED) is 0.869. The van der Waals surface area contributed by atoms with E-state index >= 15 is 0 Å². The molecule has 0 saturated heterocycles. The maximum Gasteiger partial charge on any atom is 0.0540 e. The molecule has 3 rings (SSSR count). The lowest BCUT2D eigenvalue weighted by atomic mass is 9.74. The van der Waals surface area contributed by atoms with Gasteiger partial charge in [0.2, 0.25) is 0 Å². The summed E-state index contributed by atoms with van der Waals surface area (Å²) in [5.41, 5.74) is 11.7. The smallest absolute Gasteiger partial charge is 0.0540 e. The maximum absolute atomic E-state index is 6.31. The first-order valence-electron chi connectivity index (χ1n) is 6.88. The lowest BCUT2D eigenvalue weighted by Crippen LogP contribution is -2.30. The molecule has 4 nitrogen and oxygen atoms in total. The largest absolute Gasteiger partial charge is 0.347 e. The van der Waals surface area contributed by atoms with Crippen molar-refractivity contribution in [2.45, 2.75) is 46.2 Å². The first kappa shape index (κ1) is 12.5. The molecule has 0 spiro atoms. The van der Waals surface area contributed by atoms with Gasteiger partial charge in [-0.15, -0.1) is 0 Å². The molecule has 0 amide bonds. The summed E-state index contributed by atoms with van der Waals surface area (Å²) in [4.78, 5) is 0. The molecule has 1 aliphatic carbocycles. The van der Waals surface area contributed by atoms with Crippen molar-refractivity contribution >= 4 is 0 Å². The van der Waals surface area contributed by atoms with E-state index in [9.17, 15) is 0 Å². The number of nitrogens with zero attached hydrogens (tertiary/aromatic N) is 2. The molecule has 1 atom stereocenters. The second-order valence-corrected chi connectivity index (χ2v) is 6.52. The monoisotopic (exact) mass is 258 g/mol. The van der Waals surface area contributed by atoms with Gasteiger partial charge in [-0.3, -0.25) is 5.10 Å². The summed E-state index contributed by atoms with van der Waals surface area (Å²) in [5, 5.41) is 7.09. The van der Waals surface area contributed by atoms with E-state index in [-0.39, 0.29) is 11.5 Å². The molecule has 2 aromatic rings. The zero-order chi connectivity index (χ0) is 13.6. The van der Waals surface area contributed by atoms with Crippen LogP contribution in [-0.4, -0.2) is 14.8 Å². The molecule has 0 radical (unpaired) electrons. The minimum absolute atomic E-state index is 0.172. The van der Waals surface area contributed by atoms with Gasteiger partial charge in [0.05, 0.1) is 12.7 Å². The van der Waals surface area contributed by atoms with E-state index in [1.165, 1.54) is 16.8 Å². The van der Waals surface area contributed by atoms with Gasteiger partial charge in [0.25, 0.3) is 0 Å². The number of H-pyrrole nitrogens is 1. The van der Waals surface area contributed by atoms with Crippen LogP contribution in [0.4, 0.5) is 0 Å². The number of aromatic nitrogens is 3. The molecule has 3 N–H and O–H groups in total. The van der Waals surface area contributed by atoms with Crippen molar-refractivity contribution in [3.63, 3.8) is 0 Å². The minimum Gasteiger partial charge on any atom is -0.347 e. The van der Waals surface area contributed by atoms with Crippen LogP contribution >= 0.6 is 0 Å². The molecular weight excluding hydrogens is 236 g/mol. The number of hydrogen-bond donors (Lipinski definition) is 2. The van der Waals surface area contributed by atoms with Gasteiger partial charge in [0, 0.05) is 29.2 Å². The molecule has 0 bridgehead atoms. The van der Waals surface area contributed by atoms with Gasteiger partial charge in [0.1, 0.15) is 0 Å². The van der Waals surface area contributed by atoms with Crippen molar-refractivity contribution < 1.29 is 0 Å². The molecular formula is C15H22N4. The molecule has 2 heterocycles. The van der Waals surface area contributed by atoms with E-state index in [2.05, 4.69) is 47.8 Å². The third-order valence-corrected chi connectivity index (χ3v) is 4.21. The summed E-state index contributed by atoms with van der Waals surface area (Å²) in [6, 6.07) is 2.36. The van der Waals surface area contributed by atoms with Gasteiger partial charge in [-0.05, 0) is 36.8 Å². The third kappa shape index (κ3) is 2.21. The number of nitrogens with one attached hydrogen (secondary N) is 1. The highest BCUT2D eigenvalue weighted by molar-refractivity contribution is 5.31. The molecule has 2 aromatic heterocycles. The van der Waals surface area contributed by atoms with Gasteiger partial charge < -0.3 is 10.3 Å². The molecule has 0 aliphatic heterocycles. The fraction of sp³-hybridized carbons (Fsp3) is 0.533. The van der Waals surface area contributed by atoms with Crippen molar-refractivity contribution in [3.05, 3.63) is 41.0 Å². The van der Waals surface area contributed by atoms with E-state index in [1.807, 2.05) is 6.20 Å². The van der Waals surface area contributed by atoms with Crippen LogP contribution in [0.1, 0.15) is 48.8 Å². The SMILES string of the molecule is Cc1[nH]ncc1Cn1ccc2c1CC(C)(C)CC2N. The molecule has 0 aromatic carbocycles. The fourth-order valence-corrected chi connectivity index (χ4v) is 3.16. The van der Waals surface area contributed by atoms with E-state index in [0.29, 0.717) is 0 Å². The van der Waals surface area contributed by atoms with Crippen LogP contribution in [0.15, 0.2) is 18.5 Å². The van der Waals surface area contributed by atoms with Gasteiger partial charge in [-0.1, -0.05) is 13.8 Å². The Hall–Kier alpha value is -1.55. The number of fused-ring (bicyclic) bond motifs is 1. The molecule has 1 aliphatic rings. The molecule has 1 unspecified atom stereocenters. The predicted octanol–water partition coefficient (Wildman–Crippen LogP) is 2.54. The van der Waals surface area contributed by atoms with Crippen molar-refractivity contribution in [1.29, 1.82) is 0 Å². The van der Waals surface area contributed by atoms with Gasteiger partial charge in [-0.2, -0.15) is 5.10 Å². The molecule has 19 heavy (non-hydrogen) atoms. The number of aryl methyl sites for hydroxylation is 1. The van der Waals surface area contributed by atoms with Gasteiger partial charge >= 0.3 is 0 Å². The summed E-state index contributed by atoms with van der Waals surface area (Å²) in [7, 11) is 0. The predicted molar refractivity (Wildman–Crippen MR) is 75.9 cm³/mol. The third-order valence-electron chi connectivity index (χ3n) is 4.21. The van der Waals surface area contributed by atoms with Crippen LogP contribution < -0.4 is 5.73 Å².